The van der Waals surface area contributed by atoms with Crippen molar-refractivity contribution in [1.82, 2.24) is 14.5 Å². The number of methoxy groups -OCH3 is 1. The number of nitrogens with zero attached hydrogens (tertiary/aromatic N) is 3. The molecular weight excluding hydrogens is 252 g/mol. The Bertz CT molecular complexity index is 736. The maximum Gasteiger partial charge on any atom is 0.213 e. The highest BCUT2D eigenvalue weighted by molar-refractivity contribution is 5.82. The van der Waals surface area contributed by atoms with Crippen molar-refractivity contribution >= 4 is 16.6 Å². The molecule has 0 amide bonds. The number of rotatable bonds is 4. The van der Waals surface area contributed by atoms with Crippen LogP contribution in [0.2, 0.25) is 0 Å². The summed E-state index contributed by atoms with van der Waals surface area (Å²) in [6.45, 7) is 0.680. The predicted octanol–water partition coefficient (Wildman–Crippen LogP) is 2.59. The lowest BCUT2D eigenvalue weighted by molar-refractivity contribution is 0.399. The Hall–Kier alpha value is -2.56. The number of pyridine rings is 1. The lowest BCUT2D eigenvalue weighted by atomic mass is 10.2. The molecule has 102 valence electrons. The average Bonchev–Trinajstić information content (AvgIpc) is 2.89. The van der Waals surface area contributed by atoms with E-state index in [1.165, 1.54) is 0 Å². The van der Waals surface area contributed by atoms with E-state index in [1.807, 2.05) is 48.1 Å². The second-order valence-electron chi connectivity index (χ2n) is 4.57. The molecule has 5 nitrogen and oxygen atoms in total. The minimum absolute atomic E-state index is 0.624. The van der Waals surface area contributed by atoms with Crippen LogP contribution in [-0.2, 0) is 13.6 Å². The first kappa shape index (κ1) is 12.5. The number of anilines is 1. The van der Waals surface area contributed by atoms with E-state index in [0.29, 0.717) is 12.4 Å². The van der Waals surface area contributed by atoms with E-state index in [2.05, 4.69) is 15.3 Å². The van der Waals surface area contributed by atoms with E-state index in [0.717, 1.165) is 22.4 Å². The minimum Gasteiger partial charge on any atom is -0.481 e. The van der Waals surface area contributed by atoms with Gasteiger partial charge in [0.05, 0.1) is 19.2 Å². The summed E-state index contributed by atoms with van der Waals surface area (Å²) in [5.41, 5.74) is 1.93. The predicted molar refractivity (Wildman–Crippen MR) is 78.8 cm³/mol. The molecule has 0 bridgehead atoms. The summed E-state index contributed by atoms with van der Waals surface area (Å²) in [6.07, 6.45) is 3.73. The van der Waals surface area contributed by atoms with E-state index in [1.54, 1.807) is 13.3 Å². The molecule has 3 rings (SSSR count). The highest BCUT2D eigenvalue weighted by Crippen LogP contribution is 2.20. The zero-order valence-corrected chi connectivity index (χ0v) is 11.5. The van der Waals surface area contributed by atoms with Crippen LogP contribution in [0.5, 0.6) is 5.88 Å². The summed E-state index contributed by atoms with van der Waals surface area (Å²) >= 11 is 0. The van der Waals surface area contributed by atoms with Crippen molar-refractivity contribution in [3.8, 4) is 5.88 Å². The number of nitrogens with one attached hydrogen (secondary N) is 1. The summed E-state index contributed by atoms with van der Waals surface area (Å²) in [5.74, 6) is 1.61. The molecule has 2 heterocycles. The topological polar surface area (TPSA) is 52.0 Å². The van der Waals surface area contributed by atoms with Crippen LogP contribution in [0.25, 0.3) is 10.9 Å². The third-order valence-electron chi connectivity index (χ3n) is 3.25. The molecule has 0 aliphatic carbocycles. The largest absolute Gasteiger partial charge is 0.481 e. The van der Waals surface area contributed by atoms with Crippen LogP contribution in [0.15, 0.2) is 42.7 Å². The van der Waals surface area contributed by atoms with Gasteiger partial charge in [0.2, 0.25) is 5.88 Å². The van der Waals surface area contributed by atoms with Crippen molar-refractivity contribution < 1.29 is 4.74 Å². The van der Waals surface area contributed by atoms with Gasteiger partial charge in [0.25, 0.3) is 0 Å². The second kappa shape index (κ2) is 5.21. The number of ether oxygens (including phenoxy) is 1. The Morgan fingerprint density at radius 2 is 2.10 bits per heavy atom. The molecular formula is C15H16N4O. The Kier molecular flexibility index (Phi) is 3.25. The summed E-state index contributed by atoms with van der Waals surface area (Å²) in [4.78, 5) is 8.72. The van der Waals surface area contributed by atoms with Gasteiger partial charge in [0.1, 0.15) is 5.82 Å². The molecule has 0 radical (unpaired) electrons. The number of aryl methyl sites for hydroxylation is 1. The smallest absolute Gasteiger partial charge is 0.213 e. The molecule has 3 aromatic rings. The molecule has 0 fully saturated rings. The van der Waals surface area contributed by atoms with Gasteiger partial charge in [0, 0.05) is 36.6 Å². The first-order valence-corrected chi connectivity index (χ1v) is 6.41. The number of fused-ring (bicyclic) bond motifs is 1. The van der Waals surface area contributed by atoms with E-state index < -0.39 is 0 Å². The first-order valence-electron chi connectivity index (χ1n) is 6.41. The van der Waals surface area contributed by atoms with Crippen molar-refractivity contribution in [2.24, 2.45) is 7.05 Å². The van der Waals surface area contributed by atoms with Gasteiger partial charge in [-0.3, -0.25) is 0 Å². The van der Waals surface area contributed by atoms with Crippen LogP contribution in [0.1, 0.15) is 5.82 Å². The molecule has 1 aromatic carbocycles. The number of aromatic nitrogens is 3. The molecule has 0 saturated carbocycles. The maximum absolute atomic E-state index is 5.15. The van der Waals surface area contributed by atoms with Gasteiger partial charge in [0.15, 0.2) is 0 Å². The molecule has 0 atom stereocenters. The van der Waals surface area contributed by atoms with Gasteiger partial charge < -0.3 is 14.6 Å². The SMILES string of the molecule is COc1ccc2ccc(NCc3nccn3C)cc2n1. The molecule has 1 N–H and O–H groups in total. The lowest BCUT2D eigenvalue weighted by Gasteiger charge is -2.08. The van der Waals surface area contributed by atoms with E-state index in [9.17, 15) is 0 Å². The molecule has 20 heavy (non-hydrogen) atoms. The number of imidazole rings is 1. The highest BCUT2D eigenvalue weighted by Gasteiger charge is 2.02. The van der Waals surface area contributed by atoms with Crippen molar-refractivity contribution in [1.29, 1.82) is 0 Å². The standard InChI is InChI=1S/C15H16N4O/c1-19-8-7-16-14(19)10-17-12-5-3-11-4-6-15(20-2)18-13(11)9-12/h3-9,17H,10H2,1-2H3. The van der Waals surface area contributed by atoms with Crippen LogP contribution in [0, 0.1) is 0 Å². The van der Waals surface area contributed by atoms with E-state index in [4.69, 9.17) is 4.74 Å². The number of hydrogen-bond donors (Lipinski definition) is 1. The molecule has 0 aliphatic rings. The summed E-state index contributed by atoms with van der Waals surface area (Å²) in [7, 11) is 3.61. The summed E-state index contributed by atoms with van der Waals surface area (Å²) in [5, 5.41) is 4.44. The summed E-state index contributed by atoms with van der Waals surface area (Å²) < 4.78 is 7.15. The fourth-order valence-electron chi connectivity index (χ4n) is 2.07. The van der Waals surface area contributed by atoms with Gasteiger partial charge in [-0.25, -0.2) is 9.97 Å². The summed E-state index contributed by atoms with van der Waals surface area (Å²) in [6, 6.07) is 9.97. The Balaban J connectivity index is 1.83. The van der Waals surface area contributed by atoms with Gasteiger partial charge in [-0.1, -0.05) is 6.07 Å². The average molecular weight is 268 g/mol. The maximum atomic E-state index is 5.15. The van der Waals surface area contributed by atoms with Gasteiger partial charge in [-0.05, 0) is 18.2 Å². The zero-order chi connectivity index (χ0) is 13.9. The third kappa shape index (κ3) is 2.42. The van der Waals surface area contributed by atoms with Crippen LogP contribution in [0.4, 0.5) is 5.69 Å². The monoisotopic (exact) mass is 268 g/mol. The second-order valence-corrected chi connectivity index (χ2v) is 4.57. The molecule has 0 unspecified atom stereocenters. The van der Waals surface area contributed by atoms with Crippen molar-refractivity contribution in [3.63, 3.8) is 0 Å². The Morgan fingerprint density at radius 3 is 2.85 bits per heavy atom. The van der Waals surface area contributed by atoms with Crippen LogP contribution in [-0.4, -0.2) is 21.6 Å². The normalized spacial score (nSPS) is 10.7. The Labute approximate surface area is 117 Å². The third-order valence-corrected chi connectivity index (χ3v) is 3.25. The van der Waals surface area contributed by atoms with Crippen LogP contribution in [0.3, 0.4) is 0 Å². The molecule has 0 spiro atoms. The quantitative estimate of drug-likeness (QED) is 0.790. The minimum atomic E-state index is 0.624. The Morgan fingerprint density at radius 1 is 1.25 bits per heavy atom. The fraction of sp³-hybridized carbons (Fsp3) is 0.200. The van der Waals surface area contributed by atoms with Gasteiger partial charge in [-0.15, -0.1) is 0 Å². The van der Waals surface area contributed by atoms with E-state index in [-0.39, 0.29) is 0 Å². The molecule has 0 saturated heterocycles. The van der Waals surface area contributed by atoms with Crippen molar-refractivity contribution in [3.05, 3.63) is 48.5 Å². The zero-order valence-electron chi connectivity index (χ0n) is 11.5. The van der Waals surface area contributed by atoms with E-state index >= 15 is 0 Å². The molecule has 2 aromatic heterocycles. The van der Waals surface area contributed by atoms with Crippen molar-refractivity contribution in [2.45, 2.75) is 6.54 Å². The number of hydrogen-bond acceptors (Lipinski definition) is 4. The van der Waals surface area contributed by atoms with Crippen LogP contribution < -0.4 is 10.1 Å². The molecule has 5 heteroatoms. The lowest BCUT2D eigenvalue weighted by Crippen LogP contribution is -2.05. The number of benzene rings is 1. The van der Waals surface area contributed by atoms with Gasteiger partial charge >= 0.3 is 0 Å². The highest BCUT2D eigenvalue weighted by atomic mass is 16.5. The first-order chi connectivity index (χ1) is 9.76. The van der Waals surface area contributed by atoms with Crippen LogP contribution >= 0.6 is 0 Å². The van der Waals surface area contributed by atoms with Gasteiger partial charge in [-0.2, -0.15) is 0 Å². The van der Waals surface area contributed by atoms with Crippen molar-refractivity contribution in [2.75, 3.05) is 12.4 Å². The fourth-order valence-corrected chi connectivity index (χ4v) is 2.07. The molecule has 0 aliphatic heterocycles.